The molecule has 1 aliphatic rings. The van der Waals surface area contributed by atoms with Crippen LogP contribution in [0.4, 0.5) is 5.69 Å². The van der Waals surface area contributed by atoms with Crippen LogP contribution in [0.5, 0.6) is 0 Å². The fourth-order valence-corrected chi connectivity index (χ4v) is 3.92. The second-order valence-electron chi connectivity index (χ2n) is 6.03. The van der Waals surface area contributed by atoms with Crippen LogP contribution < -0.4 is 10.0 Å². The van der Waals surface area contributed by atoms with Crippen molar-refractivity contribution in [1.29, 1.82) is 0 Å². The highest BCUT2D eigenvalue weighted by atomic mass is 35.5. The van der Waals surface area contributed by atoms with E-state index in [1.165, 1.54) is 12.1 Å². The van der Waals surface area contributed by atoms with Crippen molar-refractivity contribution in [3.05, 3.63) is 59.1 Å². The van der Waals surface area contributed by atoms with Crippen molar-refractivity contribution >= 4 is 45.6 Å². The third-order valence-corrected chi connectivity index (χ3v) is 5.78. The largest absolute Gasteiger partial charge is 0.337 e. The zero-order valence-corrected chi connectivity index (χ0v) is 16.9. The minimum absolute atomic E-state index is 0. The molecule has 0 spiro atoms. The Bertz CT molecular complexity index is 864. The highest BCUT2D eigenvalue weighted by molar-refractivity contribution is 7.92. The molecule has 6 nitrogen and oxygen atoms in total. The molecule has 27 heavy (non-hydrogen) atoms. The molecule has 1 heterocycles. The highest BCUT2D eigenvalue weighted by Gasteiger charge is 2.19. The molecule has 146 valence electrons. The predicted octanol–water partition coefficient (Wildman–Crippen LogP) is 3.00. The van der Waals surface area contributed by atoms with Gasteiger partial charge in [-0.25, -0.2) is 8.42 Å². The van der Waals surface area contributed by atoms with Gasteiger partial charge in [-0.05, 0) is 61.5 Å². The second kappa shape index (κ2) is 9.41. The van der Waals surface area contributed by atoms with Crippen molar-refractivity contribution in [3.63, 3.8) is 0 Å². The Balaban J connectivity index is 0.00000261. The summed E-state index contributed by atoms with van der Waals surface area (Å²) in [6.07, 6.45) is 0.906. The summed E-state index contributed by atoms with van der Waals surface area (Å²) in [7, 11) is -3.73. The number of benzene rings is 2. The molecular formula is C18H21Cl2N3O3S. The minimum Gasteiger partial charge on any atom is -0.337 e. The molecule has 1 saturated heterocycles. The number of hydrogen-bond acceptors (Lipinski definition) is 4. The van der Waals surface area contributed by atoms with Crippen LogP contribution in [0.25, 0.3) is 0 Å². The maximum absolute atomic E-state index is 12.6. The van der Waals surface area contributed by atoms with E-state index in [9.17, 15) is 13.2 Å². The number of amides is 1. The molecule has 1 amide bonds. The monoisotopic (exact) mass is 429 g/mol. The van der Waals surface area contributed by atoms with Crippen LogP contribution in [0.15, 0.2) is 53.4 Å². The van der Waals surface area contributed by atoms with Gasteiger partial charge >= 0.3 is 0 Å². The normalized spacial score (nSPS) is 14.8. The number of sulfonamides is 1. The summed E-state index contributed by atoms with van der Waals surface area (Å²) in [5.74, 6) is -0.0803. The number of carbonyl (C=O) groups is 1. The Morgan fingerprint density at radius 1 is 1.00 bits per heavy atom. The van der Waals surface area contributed by atoms with Gasteiger partial charge in [0.1, 0.15) is 0 Å². The number of halogens is 2. The lowest BCUT2D eigenvalue weighted by molar-refractivity contribution is 0.0766. The lowest BCUT2D eigenvalue weighted by atomic mass is 10.2. The first-order chi connectivity index (χ1) is 12.5. The van der Waals surface area contributed by atoms with E-state index in [0.29, 0.717) is 29.4 Å². The molecule has 0 unspecified atom stereocenters. The van der Waals surface area contributed by atoms with Crippen LogP contribution in [0.1, 0.15) is 16.8 Å². The molecule has 0 aromatic heterocycles. The van der Waals surface area contributed by atoms with Crippen molar-refractivity contribution in [3.8, 4) is 0 Å². The van der Waals surface area contributed by atoms with E-state index in [0.717, 1.165) is 19.5 Å². The Morgan fingerprint density at radius 2 is 1.67 bits per heavy atom. The van der Waals surface area contributed by atoms with Gasteiger partial charge in [0.15, 0.2) is 0 Å². The summed E-state index contributed by atoms with van der Waals surface area (Å²) in [4.78, 5) is 14.4. The van der Waals surface area contributed by atoms with Gasteiger partial charge in [-0.1, -0.05) is 11.6 Å². The number of carbonyl (C=O) groups excluding carboxylic acids is 1. The molecule has 0 saturated carbocycles. The first-order valence-electron chi connectivity index (χ1n) is 8.34. The van der Waals surface area contributed by atoms with Crippen LogP contribution >= 0.6 is 24.0 Å². The van der Waals surface area contributed by atoms with Gasteiger partial charge in [-0.3, -0.25) is 9.52 Å². The smallest absolute Gasteiger partial charge is 0.261 e. The topological polar surface area (TPSA) is 78.5 Å². The van der Waals surface area contributed by atoms with Crippen molar-refractivity contribution in [1.82, 2.24) is 10.2 Å². The van der Waals surface area contributed by atoms with Crippen LogP contribution in [0.3, 0.4) is 0 Å². The van der Waals surface area contributed by atoms with Gasteiger partial charge in [0, 0.05) is 35.9 Å². The molecule has 2 aromatic carbocycles. The Morgan fingerprint density at radius 3 is 2.33 bits per heavy atom. The number of nitrogens with zero attached hydrogens (tertiary/aromatic N) is 1. The molecule has 3 rings (SSSR count). The fraction of sp³-hybridized carbons (Fsp3) is 0.278. The highest BCUT2D eigenvalue weighted by Crippen LogP contribution is 2.19. The molecular weight excluding hydrogens is 409 g/mol. The van der Waals surface area contributed by atoms with Crippen LogP contribution in [-0.4, -0.2) is 45.4 Å². The molecule has 2 aromatic rings. The quantitative estimate of drug-likeness (QED) is 0.782. The van der Waals surface area contributed by atoms with Crippen molar-refractivity contribution in [2.24, 2.45) is 0 Å². The average molecular weight is 430 g/mol. The average Bonchev–Trinajstić information content (AvgIpc) is 2.92. The predicted molar refractivity (Wildman–Crippen MR) is 109 cm³/mol. The van der Waals surface area contributed by atoms with Crippen LogP contribution in [0, 0.1) is 0 Å². The number of anilines is 1. The van der Waals surface area contributed by atoms with Gasteiger partial charge < -0.3 is 10.2 Å². The van der Waals surface area contributed by atoms with Gasteiger partial charge in [0.2, 0.25) is 0 Å². The lowest BCUT2D eigenvalue weighted by Crippen LogP contribution is -2.34. The second-order valence-corrected chi connectivity index (χ2v) is 8.15. The summed E-state index contributed by atoms with van der Waals surface area (Å²) in [6, 6.07) is 12.4. The van der Waals surface area contributed by atoms with E-state index < -0.39 is 10.0 Å². The Labute approximate surface area is 170 Å². The third kappa shape index (κ3) is 5.59. The third-order valence-electron chi connectivity index (χ3n) is 4.14. The van der Waals surface area contributed by atoms with Gasteiger partial charge in [-0.15, -0.1) is 12.4 Å². The Kier molecular flexibility index (Phi) is 7.49. The lowest BCUT2D eigenvalue weighted by Gasteiger charge is -2.20. The number of nitrogens with one attached hydrogen (secondary N) is 2. The molecule has 2 N–H and O–H groups in total. The van der Waals surface area contributed by atoms with Gasteiger partial charge in [0.05, 0.1) is 4.90 Å². The van der Waals surface area contributed by atoms with E-state index in [2.05, 4.69) is 10.0 Å². The van der Waals surface area contributed by atoms with E-state index >= 15 is 0 Å². The maximum atomic E-state index is 12.6. The van der Waals surface area contributed by atoms with Gasteiger partial charge in [-0.2, -0.15) is 0 Å². The molecule has 0 atom stereocenters. The van der Waals surface area contributed by atoms with E-state index in [-0.39, 0.29) is 23.2 Å². The molecule has 1 aliphatic heterocycles. The molecule has 0 aliphatic carbocycles. The standard InChI is InChI=1S/C18H20ClN3O3S.ClH/c19-15-4-6-16(7-5-15)21-26(24,25)17-8-2-14(3-9-17)18(23)22-12-1-10-20-11-13-22;/h2-9,20-21H,1,10-13H2;1H. The van der Waals surface area contributed by atoms with Gasteiger partial charge in [0.25, 0.3) is 15.9 Å². The Hall–Kier alpha value is -1.80. The molecule has 1 fully saturated rings. The van der Waals surface area contributed by atoms with E-state index in [1.807, 2.05) is 0 Å². The zero-order valence-electron chi connectivity index (χ0n) is 14.5. The van der Waals surface area contributed by atoms with Crippen molar-refractivity contribution < 1.29 is 13.2 Å². The molecule has 9 heteroatoms. The SMILES string of the molecule is Cl.O=C(c1ccc(S(=O)(=O)Nc2ccc(Cl)cc2)cc1)N1CCCNCC1. The summed E-state index contributed by atoms with van der Waals surface area (Å²) in [5, 5.41) is 3.78. The van der Waals surface area contributed by atoms with E-state index in [1.54, 1.807) is 41.3 Å². The summed E-state index contributed by atoms with van der Waals surface area (Å²) in [5.41, 5.74) is 0.906. The van der Waals surface area contributed by atoms with Crippen molar-refractivity contribution in [2.45, 2.75) is 11.3 Å². The van der Waals surface area contributed by atoms with Crippen LogP contribution in [-0.2, 0) is 10.0 Å². The number of rotatable bonds is 4. The summed E-state index contributed by atoms with van der Waals surface area (Å²) in [6.45, 7) is 3.02. The first-order valence-corrected chi connectivity index (χ1v) is 10.2. The number of hydrogen-bond donors (Lipinski definition) is 2. The minimum atomic E-state index is -3.73. The molecule has 0 bridgehead atoms. The fourth-order valence-electron chi connectivity index (χ4n) is 2.74. The first kappa shape index (κ1) is 21.5. The van der Waals surface area contributed by atoms with Crippen molar-refractivity contribution in [2.75, 3.05) is 30.9 Å². The summed E-state index contributed by atoms with van der Waals surface area (Å²) < 4.78 is 27.4. The molecule has 0 radical (unpaired) electrons. The van der Waals surface area contributed by atoms with E-state index in [4.69, 9.17) is 11.6 Å². The van der Waals surface area contributed by atoms with Crippen LogP contribution in [0.2, 0.25) is 5.02 Å². The zero-order chi connectivity index (χ0) is 18.6. The summed E-state index contributed by atoms with van der Waals surface area (Å²) >= 11 is 5.80. The maximum Gasteiger partial charge on any atom is 0.261 e.